The predicted octanol–water partition coefficient (Wildman–Crippen LogP) is 6.47. The van der Waals surface area contributed by atoms with Crippen LogP contribution < -0.4 is 16.0 Å². The summed E-state index contributed by atoms with van der Waals surface area (Å²) in [5, 5.41) is 15.9. The Morgan fingerprint density at radius 3 is 2.29 bits per heavy atom. The van der Waals surface area contributed by atoms with Gasteiger partial charge in [-0.25, -0.2) is 14.6 Å². The molecule has 4 rings (SSSR count). The number of aromatic amines is 1. The Hall–Kier alpha value is -4.19. The fourth-order valence-corrected chi connectivity index (χ4v) is 3.87. The Kier molecular flexibility index (Phi) is 6.32. The Bertz CT molecular complexity index is 1360. The van der Waals surface area contributed by atoms with Crippen molar-refractivity contribution in [3.63, 3.8) is 0 Å². The lowest BCUT2D eigenvalue weighted by atomic mass is 10.2. The number of imidazole rings is 1. The van der Waals surface area contributed by atoms with Crippen molar-refractivity contribution in [2.45, 2.75) is 16.0 Å². The maximum atomic E-state index is 12.8. The summed E-state index contributed by atoms with van der Waals surface area (Å²) in [4.78, 5) is 31.7. The molecule has 1 heterocycles. The molecule has 3 aromatic carbocycles. The normalized spacial score (nSPS) is 11.3. The number of H-pyrrole nitrogens is 1. The SMILES string of the molecule is O=C(O)Nc1nc2cc(Sc3ccc(NC(=O)Nc4cccc(C(F)(F)F)c4)cc3)ccc2[nH]1. The van der Waals surface area contributed by atoms with Gasteiger partial charge in [0, 0.05) is 21.2 Å². The molecule has 0 saturated carbocycles. The Morgan fingerprint density at radius 1 is 0.882 bits per heavy atom. The van der Waals surface area contributed by atoms with Crippen molar-refractivity contribution in [2.75, 3.05) is 16.0 Å². The van der Waals surface area contributed by atoms with Crippen molar-refractivity contribution in [1.29, 1.82) is 0 Å². The number of hydrogen-bond acceptors (Lipinski definition) is 4. The van der Waals surface area contributed by atoms with Crippen molar-refractivity contribution in [3.05, 3.63) is 72.3 Å². The molecule has 0 atom stereocenters. The molecular formula is C22H16F3N5O3S. The van der Waals surface area contributed by atoms with E-state index >= 15 is 0 Å². The van der Waals surface area contributed by atoms with Crippen LogP contribution in [0.2, 0.25) is 0 Å². The van der Waals surface area contributed by atoms with Gasteiger partial charge in [-0.1, -0.05) is 17.8 Å². The van der Waals surface area contributed by atoms with Crippen LogP contribution >= 0.6 is 11.8 Å². The van der Waals surface area contributed by atoms with E-state index in [9.17, 15) is 22.8 Å². The van der Waals surface area contributed by atoms with Gasteiger partial charge in [-0.15, -0.1) is 0 Å². The molecule has 1 aromatic heterocycles. The standard InChI is InChI=1S/C22H16F3N5O3S/c23-22(24,25)12-2-1-3-14(10-12)27-20(31)26-13-4-6-15(7-5-13)34-16-8-9-17-18(11-16)29-19(28-17)30-21(32)33/h1-11H,(H,32,33)(H2,26,27,31)(H2,28,29,30). The highest BCUT2D eigenvalue weighted by Crippen LogP contribution is 2.32. The zero-order valence-corrected chi connectivity index (χ0v) is 17.9. The van der Waals surface area contributed by atoms with Crippen molar-refractivity contribution in [3.8, 4) is 0 Å². The molecule has 0 aliphatic heterocycles. The van der Waals surface area contributed by atoms with Gasteiger partial charge in [0.1, 0.15) is 0 Å². The third-order valence-electron chi connectivity index (χ3n) is 4.48. The molecule has 3 amide bonds. The molecule has 0 unspecified atom stereocenters. The van der Waals surface area contributed by atoms with Gasteiger partial charge in [0.25, 0.3) is 0 Å². The van der Waals surface area contributed by atoms with Crippen molar-refractivity contribution >= 4 is 52.2 Å². The van der Waals surface area contributed by atoms with E-state index < -0.39 is 23.9 Å². The lowest BCUT2D eigenvalue weighted by Crippen LogP contribution is -2.19. The van der Waals surface area contributed by atoms with E-state index in [1.807, 2.05) is 6.07 Å². The van der Waals surface area contributed by atoms with Crippen LogP contribution in [0.5, 0.6) is 0 Å². The molecule has 0 saturated heterocycles. The van der Waals surface area contributed by atoms with E-state index in [1.54, 1.807) is 36.4 Å². The number of fused-ring (bicyclic) bond motifs is 1. The van der Waals surface area contributed by atoms with Crippen LogP contribution in [0.4, 0.5) is 40.1 Å². The van der Waals surface area contributed by atoms with Gasteiger partial charge in [-0.3, -0.25) is 5.32 Å². The molecule has 0 radical (unpaired) electrons. The Labute approximate surface area is 194 Å². The summed E-state index contributed by atoms with van der Waals surface area (Å²) >= 11 is 1.43. The lowest BCUT2D eigenvalue weighted by molar-refractivity contribution is -0.137. The first-order valence-corrected chi connectivity index (χ1v) is 10.5. The molecule has 174 valence electrons. The first-order chi connectivity index (χ1) is 16.2. The Balaban J connectivity index is 1.37. The monoisotopic (exact) mass is 487 g/mol. The number of rotatable bonds is 5. The van der Waals surface area contributed by atoms with Gasteiger partial charge in [-0.2, -0.15) is 13.2 Å². The maximum absolute atomic E-state index is 12.8. The average molecular weight is 487 g/mol. The topological polar surface area (TPSA) is 119 Å². The second-order valence-corrected chi connectivity index (χ2v) is 8.13. The van der Waals surface area contributed by atoms with E-state index in [2.05, 4.69) is 25.9 Å². The third-order valence-corrected chi connectivity index (χ3v) is 5.47. The maximum Gasteiger partial charge on any atom is 0.416 e. The van der Waals surface area contributed by atoms with Crippen LogP contribution in [-0.2, 0) is 6.18 Å². The van der Waals surface area contributed by atoms with Crippen molar-refractivity contribution in [1.82, 2.24) is 9.97 Å². The summed E-state index contributed by atoms with van der Waals surface area (Å²) in [6.45, 7) is 0. The van der Waals surface area contributed by atoms with Crippen molar-refractivity contribution < 1.29 is 27.9 Å². The first kappa shape index (κ1) is 23.0. The first-order valence-electron chi connectivity index (χ1n) is 9.69. The highest BCUT2D eigenvalue weighted by molar-refractivity contribution is 7.99. The fourth-order valence-electron chi connectivity index (χ4n) is 3.02. The van der Waals surface area contributed by atoms with Gasteiger partial charge in [0.2, 0.25) is 5.95 Å². The number of aromatic nitrogens is 2. The fraction of sp³-hybridized carbons (Fsp3) is 0.0455. The zero-order valence-electron chi connectivity index (χ0n) is 17.1. The molecule has 0 fully saturated rings. The van der Waals surface area contributed by atoms with Crippen LogP contribution in [0, 0.1) is 0 Å². The van der Waals surface area contributed by atoms with Gasteiger partial charge in [-0.05, 0) is 60.7 Å². The van der Waals surface area contributed by atoms with Crippen LogP contribution in [-0.4, -0.2) is 27.2 Å². The van der Waals surface area contributed by atoms with Crippen LogP contribution in [0.15, 0.2) is 76.5 Å². The minimum absolute atomic E-state index is 0.0231. The quantitative estimate of drug-likeness (QED) is 0.221. The minimum atomic E-state index is -4.50. The molecule has 8 nitrogen and oxygen atoms in total. The number of nitrogens with zero attached hydrogens (tertiary/aromatic N) is 1. The predicted molar refractivity (Wildman–Crippen MR) is 122 cm³/mol. The summed E-state index contributed by atoms with van der Waals surface area (Å²) in [6, 6.07) is 16.0. The number of benzene rings is 3. The molecule has 5 N–H and O–H groups in total. The van der Waals surface area contributed by atoms with Gasteiger partial charge < -0.3 is 20.7 Å². The van der Waals surface area contributed by atoms with Gasteiger partial charge in [0.15, 0.2) is 0 Å². The highest BCUT2D eigenvalue weighted by Gasteiger charge is 2.30. The summed E-state index contributed by atoms with van der Waals surface area (Å²) < 4.78 is 38.4. The number of carbonyl (C=O) groups excluding carboxylic acids is 1. The van der Waals surface area contributed by atoms with Gasteiger partial charge >= 0.3 is 18.3 Å². The molecular weight excluding hydrogens is 471 g/mol. The molecule has 0 bridgehead atoms. The number of halogens is 3. The second kappa shape index (κ2) is 9.35. The number of nitrogens with one attached hydrogen (secondary N) is 4. The minimum Gasteiger partial charge on any atom is -0.465 e. The number of hydrogen-bond donors (Lipinski definition) is 5. The average Bonchev–Trinajstić information content (AvgIpc) is 3.15. The smallest absolute Gasteiger partial charge is 0.416 e. The molecule has 12 heteroatoms. The number of carbonyl (C=O) groups is 2. The van der Waals surface area contributed by atoms with E-state index in [0.29, 0.717) is 16.7 Å². The number of anilines is 3. The van der Waals surface area contributed by atoms with Gasteiger partial charge in [0.05, 0.1) is 16.6 Å². The number of urea groups is 1. The second-order valence-electron chi connectivity index (χ2n) is 6.98. The molecule has 0 spiro atoms. The number of carboxylic acid groups (broad SMARTS) is 1. The summed E-state index contributed by atoms with van der Waals surface area (Å²) in [5.74, 6) is 0.128. The molecule has 0 aliphatic rings. The van der Waals surface area contributed by atoms with Crippen LogP contribution in [0.1, 0.15) is 5.56 Å². The third kappa shape index (κ3) is 5.78. The summed E-state index contributed by atoms with van der Waals surface area (Å²) in [7, 11) is 0. The highest BCUT2D eigenvalue weighted by atomic mass is 32.2. The Morgan fingerprint density at radius 2 is 1.59 bits per heavy atom. The van der Waals surface area contributed by atoms with Crippen LogP contribution in [0.25, 0.3) is 11.0 Å². The van der Waals surface area contributed by atoms with E-state index in [0.717, 1.165) is 21.9 Å². The summed E-state index contributed by atoms with van der Waals surface area (Å²) in [5.41, 5.74) is 0.905. The van der Waals surface area contributed by atoms with E-state index in [4.69, 9.17) is 5.11 Å². The molecule has 0 aliphatic carbocycles. The zero-order chi connectivity index (χ0) is 24.3. The summed E-state index contributed by atoms with van der Waals surface area (Å²) in [6.07, 6.45) is -5.72. The largest absolute Gasteiger partial charge is 0.465 e. The van der Waals surface area contributed by atoms with Crippen LogP contribution in [0.3, 0.4) is 0 Å². The lowest BCUT2D eigenvalue weighted by Gasteiger charge is -2.11. The number of alkyl halides is 3. The van der Waals surface area contributed by atoms with E-state index in [-0.39, 0.29) is 11.6 Å². The van der Waals surface area contributed by atoms with Crippen molar-refractivity contribution in [2.24, 2.45) is 0 Å². The van der Waals surface area contributed by atoms with E-state index in [1.165, 1.54) is 23.9 Å². The molecule has 4 aromatic rings. The molecule has 34 heavy (non-hydrogen) atoms. The number of amides is 3.